The van der Waals surface area contributed by atoms with E-state index in [9.17, 15) is 0 Å². The molecule has 3 aromatic rings. The summed E-state index contributed by atoms with van der Waals surface area (Å²) in [4.78, 5) is 18.2. The van der Waals surface area contributed by atoms with E-state index >= 15 is 0 Å². The first-order valence-electron chi connectivity index (χ1n) is 9.28. The zero-order valence-corrected chi connectivity index (χ0v) is 15.8. The highest BCUT2D eigenvalue weighted by atomic mass is 15.3. The van der Waals surface area contributed by atoms with Crippen molar-refractivity contribution in [1.82, 2.24) is 15.0 Å². The number of nitrogens with one attached hydrogen (secondary N) is 1. The maximum Gasteiger partial charge on any atom is 0.227 e. The van der Waals surface area contributed by atoms with E-state index in [1.165, 1.54) is 11.1 Å². The molecule has 0 atom stereocenters. The predicted octanol–water partition coefficient (Wildman–Crippen LogP) is 3.56. The van der Waals surface area contributed by atoms with Crippen LogP contribution in [0.15, 0.2) is 54.9 Å². The molecule has 1 saturated heterocycles. The smallest absolute Gasteiger partial charge is 0.227 e. The zero-order chi connectivity index (χ0) is 18.6. The number of rotatable bonds is 4. The Balaban J connectivity index is 1.45. The van der Waals surface area contributed by atoms with Gasteiger partial charge < -0.3 is 15.1 Å². The van der Waals surface area contributed by atoms with E-state index in [2.05, 4.69) is 63.2 Å². The Bertz CT molecular complexity index is 904. The first-order chi connectivity index (χ1) is 13.2. The molecule has 3 heterocycles. The average molecular weight is 360 g/mol. The fourth-order valence-corrected chi connectivity index (χ4v) is 3.27. The zero-order valence-electron chi connectivity index (χ0n) is 15.8. The van der Waals surface area contributed by atoms with Gasteiger partial charge in [0, 0.05) is 44.3 Å². The van der Waals surface area contributed by atoms with Crippen LogP contribution in [0.3, 0.4) is 0 Å². The standard InChI is InChI=1S/C21H24N6/c1-16-6-5-7-18(17(16)2)24-19-9-11-23-21(25-19)27-14-12-26(13-15-27)20-8-3-4-10-22-20/h3-11H,12-15H2,1-2H3,(H,23,24,25). The summed E-state index contributed by atoms with van der Waals surface area (Å²) in [5, 5.41) is 3.43. The number of piperazine rings is 1. The highest BCUT2D eigenvalue weighted by Crippen LogP contribution is 2.23. The van der Waals surface area contributed by atoms with Gasteiger partial charge in [-0.25, -0.2) is 9.97 Å². The molecular weight excluding hydrogens is 336 g/mol. The minimum Gasteiger partial charge on any atom is -0.353 e. The summed E-state index contributed by atoms with van der Waals surface area (Å²) in [6.07, 6.45) is 3.66. The molecule has 27 heavy (non-hydrogen) atoms. The maximum atomic E-state index is 4.73. The molecule has 1 aliphatic heterocycles. The van der Waals surface area contributed by atoms with E-state index < -0.39 is 0 Å². The van der Waals surface area contributed by atoms with Gasteiger partial charge in [0.05, 0.1) is 0 Å². The Morgan fingerprint density at radius 1 is 0.815 bits per heavy atom. The third-order valence-electron chi connectivity index (χ3n) is 5.05. The van der Waals surface area contributed by atoms with Crippen LogP contribution in [0.4, 0.5) is 23.3 Å². The highest BCUT2D eigenvalue weighted by Gasteiger charge is 2.20. The van der Waals surface area contributed by atoms with E-state index in [0.29, 0.717) is 0 Å². The molecule has 6 nitrogen and oxygen atoms in total. The molecule has 0 spiro atoms. The molecule has 0 amide bonds. The molecule has 138 valence electrons. The number of aryl methyl sites for hydroxylation is 1. The lowest BCUT2D eigenvalue weighted by Gasteiger charge is -2.35. The number of benzene rings is 1. The number of hydrogen-bond acceptors (Lipinski definition) is 6. The van der Waals surface area contributed by atoms with Gasteiger partial charge in [-0.05, 0) is 49.2 Å². The third kappa shape index (κ3) is 3.84. The molecule has 4 rings (SSSR count). The van der Waals surface area contributed by atoms with E-state index in [-0.39, 0.29) is 0 Å². The topological polar surface area (TPSA) is 57.2 Å². The first kappa shape index (κ1) is 17.3. The number of hydrogen-bond donors (Lipinski definition) is 1. The monoisotopic (exact) mass is 360 g/mol. The lowest BCUT2D eigenvalue weighted by atomic mass is 10.1. The molecule has 1 N–H and O–H groups in total. The van der Waals surface area contributed by atoms with Gasteiger partial charge in [0.1, 0.15) is 11.6 Å². The molecule has 0 bridgehead atoms. The van der Waals surface area contributed by atoms with Crippen molar-refractivity contribution in [3.8, 4) is 0 Å². The minimum atomic E-state index is 0.769. The lowest BCUT2D eigenvalue weighted by Crippen LogP contribution is -2.47. The summed E-state index contributed by atoms with van der Waals surface area (Å²) < 4.78 is 0. The second-order valence-electron chi connectivity index (χ2n) is 6.78. The van der Waals surface area contributed by atoms with E-state index in [1.54, 1.807) is 0 Å². The molecule has 2 aromatic heterocycles. The number of aromatic nitrogens is 3. The van der Waals surface area contributed by atoms with Crippen LogP contribution in [0.1, 0.15) is 11.1 Å². The van der Waals surface area contributed by atoms with Crippen LogP contribution in [-0.2, 0) is 0 Å². The largest absolute Gasteiger partial charge is 0.353 e. The Morgan fingerprint density at radius 3 is 2.41 bits per heavy atom. The SMILES string of the molecule is Cc1cccc(Nc2ccnc(N3CCN(c4ccccn4)CC3)n2)c1C. The van der Waals surface area contributed by atoms with Gasteiger partial charge in [-0.15, -0.1) is 0 Å². The van der Waals surface area contributed by atoms with Crippen molar-refractivity contribution < 1.29 is 0 Å². The fraction of sp³-hybridized carbons (Fsp3) is 0.286. The summed E-state index contributed by atoms with van der Waals surface area (Å²) >= 11 is 0. The third-order valence-corrected chi connectivity index (χ3v) is 5.05. The van der Waals surface area contributed by atoms with Gasteiger partial charge in [-0.1, -0.05) is 18.2 Å². The van der Waals surface area contributed by atoms with Gasteiger partial charge in [0.15, 0.2) is 0 Å². The number of pyridine rings is 1. The second kappa shape index (κ2) is 7.61. The van der Waals surface area contributed by atoms with Gasteiger partial charge in [-0.2, -0.15) is 4.98 Å². The van der Waals surface area contributed by atoms with Crippen molar-refractivity contribution in [2.45, 2.75) is 13.8 Å². The van der Waals surface area contributed by atoms with Crippen molar-refractivity contribution in [1.29, 1.82) is 0 Å². The van der Waals surface area contributed by atoms with E-state index in [0.717, 1.165) is 49.5 Å². The molecule has 0 radical (unpaired) electrons. The van der Waals surface area contributed by atoms with Crippen molar-refractivity contribution in [2.24, 2.45) is 0 Å². The normalized spacial score (nSPS) is 14.3. The Kier molecular flexibility index (Phi) is 4.87. The average Bonchev–Trinajstić information content (AvgIpc) is 2.72. The minimum absolute atomic E-state index is 0.769. The predicted molar refractivity (Wildman–Crippen MR) is 110 cm³/mol. The number of anilines is 4. The highest BCUT2D eigenvalue weighted by molar-refractivity contribution is 5.62. The van der Waals surface area contributed by atoms with Gasteiger partial charge in [-0.3, -0.25) is 0 Å². The second-order valence-corrected chi connectivity index (χ2v) is 6.78. The van der Waals surface area contributed by atoms with Crippen molar-refractivity contribution in [2.75, 3.05) is 41.3 Å². The molecule has 0 aliphatic carbocycles. The number of nitrogens with zero attached hydrogens (tertiary/aromatic N) is 5. The van der Waals surface area contributed by atoms with Crippen molar-refractivity contribution in [3.05, 3.63) is 66.0 Å². The van der Waals surface area contributed by atoms with Crippen LogP contribution < -0.4 is 15.1 Å². The Labute approximate surface area is 159 Å². The van der Waals surface area contributed by atoms with Crippen molar-refractivity contribution >= 4 is 23.3 Å². The summed E-state index contributed by atoms with van der Waals surface area (Å²) in [7, 11) is 0. The summed E-state index contributed by atoms with van der Waals surface area (Å²) in [6, 6.07) is 14.2. The van der Waals surface area contributed by atoms with Gasteiger partial charge in [0.25, 0.3) is 0 Å². The van der Waals surface area contributed by atoms with Crippen LogP contribution in [0.25, 0.3) is 0 Å². The molecule has 1 aliphatic rings. The quantitative estimate of drug-likeness (QED) is 0.768. The lowest BCUT2D eigenvalue weighted by molar-refractivity contribution is 0.635. The van der Waals surface area contributed by atoms with Crippen molar-refractivity contribution in [3.63, 3.8) is 0 Å². The van der Waals surface area contributed by atoms with Crippen LogP contribution in [-0.4, -0.2) is 41.1 Å². The van der Waals surface area contributed by atoms with E-state index in [4.69, 9.17) is 4.98 Å². The van der Waals surface area contributed by atoms with Gasteiger partial charge >= 0.3 is 0 Å². The molecule has 0 unspecified atom stereocenters. The summed E-state index contributed by atoms with van der Waals surface area (Å²) in [6.45, 7) is 7.82. The first-order valence-corrected chi connectivity index (χ1v) is 9.28. The maximum absolute atomic E-state index is 4.73. The van der Waals surface area contributed by atoms with Crippen LogP contribution in [0.2, 0.25) is 0 Å². The fourth-order valence-electron chi connectivity index (χ4n) is 3.27. The molecule has 6 heteroatoms. The molecule has 1 fully saturated rings. The van der Waals surface area contributed by atoms with E-state index in [1.807, 2.05) is 30.6 Å². The molecular formula is C21H24N6. The Hall–Kier alpha value is -3.15. The van der Waals surface area contributed by atoms with Crippen LogP contribution >= 0.6 is 0 Å². The Morgan fingerprint density at radius 2 is 1.63 bits per heavy atom. The summed E-state index contributed by atoms with van der Waals surface area (Å²) in [5.74, 6) is 2.62. The summed E-state index contributed by atoms with van der Waals surface area (Å²) in [5.41, 5.74) is 3.58. The van der Waals surface area contributed by atoms with Crippen LogP contribution in [0.5, 0.6) is 0 Å². The van der Waals surface area contributed by atoms with Crippen LogP contribution in [0, 0.1) is 13.8 Å². The van der Waals surface area contributed by atoms with Gasteiger partial charge in [0.2, 0.25) is 5.95 Å². The molecule has 0 saturated carbocycles. The molecule has 1 aromatic carbocycles.